The molecule has 25 heavy (non-hydrogen) atoms. The molecule has 0 bridgehead atoms. The van der Waals surface area contributed by atoms with Gasteiger partial charge in [0.2, 0.25) is 0 Å². The Morgan fingerprint density at radius 3 is 2.36 bits per heavy atom. The maximum Gasteiger partial charge on any atom is 0.251 e. The summed E-state index contributed by atoms with van der Waals surface area (Å²) in [4.78, 5) is 21.0. The van der Waals surface area contributed by atoms with Crippen molar-refractivity contribution in [2.45, 2.75) is 20.3 Å². The van der Waals surface area contributed by atoms with Crippen molar-refractivity contribution in [2.24, 2.45) is 0 Å². The number of rotatable bonds is 5. The van der Waals surface area contributed by atoms with E-state index in [0.717, 1.165) is 16.7 Å². The SMILES string of the molecule is Cc1ccc(C(=O)NCCc2cnc(-c3ccccc3)nc2)cc1C. The zero-order chi connectivity index (χ0) is 17.6. The summed E-state index contributed by atoms with van der Waals surface area (Å²) < 4.78 is 0. The first-order valence-corrected chi connectivity index (χ1v) is 8.35. The summed E-state index contributed by atoms with van der Waals surface area (Å²) in [5, 5.41) is 2.95. The van der Waals surface area contributed by atoms with Crippen molar-refractivity contribution in [1.29, 1.82) is 0 Å². The molecule has 0 atom stereocenters. The fourth-order valence-electron chi connectivity index (χ4n) is 2.53. The summed E-state index contributed by atoms with van der Waals surface area (Å²) >= 11 is 0. The maximum absolute atomic E-state index is 12.2. The third-order valence-electron chi connectivity index (χ3n) is 4.21. The Hall–Kier alpha value is -3.01. The van der Waals surface area contributed by atoms with Crippen molar-refractivity contribution in [1.82, 2.24) is 15.3 Å². The van der Waals surface area contributed by atoms with Crippen LogP contribution in [0.4, 0.5) is 0 Å². The molecule has 0 aliphatic rings. The number of hydrogen-bond acceptors (Lipinski definition) is 3. The first-order valence-electron chi connectivity index (χ1n) is 8.35. The quantitative estimate of drug-likeness (QED) is 0.775. The molecule has 1 heterocycles. The van der Waals surface area contributed by atoms with E-state index in [2.05, 4.69) is 15.3 Å². The lowest BCUT2D eigenvalue weighted by Crippen LogP contribution is -2.25. The van der Waals surface area contributed by atoms with Gasteiger partial charge in [-0.25, -0.2) is 9.97 Å². The van der Waals surface area contributed by atoms with Crippen LogP contribution in [0.1, 0.15) is 27.0 Å². The van der Waals surface area contributed by atoms with E-state index in [1.165, 1.54) is 5.56 Å². The summed E-state index contributed by atoms with van der Waals surface area (Å²) in [5.74, 6) is 0.661. The number of amides is 1. The summed E-state index contributed by atoms with van der Waals surface area (Å²) in [5.41, 5.74) is 5.00. The third kappa shape index (κ3) is 4.29. The number of aryl methyl sites for hydroxylation is 2. The topological polar surface area (TPSA) is 54.9 Å². The van der Waals surface area contributed by atoms with Crippen LogP contribution in [0.25, 0.3) is 11.4 Å². The molecule has 0 saturated carbocycles. The Morgan fingerprint density at radius 1 is 0.960 bits per heavy atom. The fourth-order valence-corrected chi connectivity index (χ4v) is 2.53. The smallest absolute Gasteiger partial charge is 0.251 e. The molecule has 126 valence electrons. The predicted octanol–water partition coefficient (Wildman–Crippen LogP) is 3.73. The Balaban J connectivity index is 1.55. The number of benzene rings is 2. The van der Waals surface area contributed by atoms with Crippen molar-refractivity contribution in [3.8, 4) is 11.4 Å². The molecule has 0 spiro atoms. The van der Waals surface area contributed by atoms with E-state index in [4.69, 9.17) is 0 Å². The van der Waals surface area contributed by atoms with Crippen LogP contribution >= 0.6 is 0 Å². The van der Waals surface area contributed by atoms with Gasteiger partial charge in [-0.15, -0.1) is 0 Å². The van der Waals surface area contributed by atoms with Crippen molar-refractivity contribution < 1.29 is 4.79 Å². The largest absolute Gasteiger partial charge is 0.352 e. The summed E-state index contributed by atoms with van der Waals surface area (Å²) in [6.45, 7) is 4.60. The van der Waals surface area contributed by atoms with Crippen molar-refractivity contribution in [3.05, 3.63) is 83.2 Å². The van der Waals surface area contributed by atoms with E-state index < -0.39 is 0 Å². The standard InChI is InChI=1S/C21H21N3O/c1-15-8-9-19(12-16(15)2)21(25)22-11-10-17-13-23-20(24-14-17)18-6-4-3-5-7-18/h3-9,12-14H,10-11H2,1-2H3,(H,22,25). The lowest BCUT2D eigenvalue weighted by atomic mass is 10.1. The van der Waals surface area contributed by atoms with E-state index in [0.29, 0.717) is 24.4 Å². The normalized spacial score (nSPS) is 10.5. The molecule has 3 rings (SSSR count). The predicted molar refractivity (Wildman–Crippen MR) is 99.4 cm³/mol. The van der Waals surface area contributed by atoms with E-state index >= 15 is 0 Å². The minimum absolute atomic E-state index is 0.0510. The number of aromatic nitrogens is 2. The number of nitrogens with one attached hydrogen (secondary N) is 1. The highest BCUT2D eigenvalue weighted by atomic mass is 16.1. The monoisotopic (exact) mass is 331 g/mol. The number of carbonyl (C=O) groups excluding carboxylic acids is 1. The van der Waals surface area contributed by atoms with Crippen LogP contribution in [0.3, 0.4) is 0 Å². The molecule has 4 nitrogen and oxygen atoms in total. The highest BCUT2D eigenvalue weighted by Crippen LogP contribution is 2.13. The van der Waals surface area contributed by atoms with E-state index in [-0.39, 0.29) is 5.91 Å². The van der Waals surface area contributed by atoms with E-state index in [1.54, 1.807) is 0 Å². The van der Waals surface area contributed by atoms with Crippen LogP contribution in [0.15, 0.2) is 60.9 Å². The molecule has 0 unspecified atom stereocenters. The lowest BCUT2D eigenvalue weighted by Gasteiger charge is -2.07. The Labute approximate surface area is 148 Å². The zero-order valence-electron chi connectivity index (χ0n) is 14.5. The zero-order valence-corrected chi connectivity index (χ0v) is 14.5. The van der Waals surface area contributed by atoms with Gasteiger partial charge in [-0.2, -0.15) is 0 Å². The number of carbonyl (C=O) groups is 1. The van der Waals surface area contributed by atoms with Crippen LogP contribution in [0, 0.1) is 13.8 Å². The molecular formula is C21H21N3O. The summed E-state index contributed by atoms with van der Waals surface area (Å²) in [6, 6.07) is 15.6. The van der Waals surface area contributed by atoms with Crippen molar-refractivity contribution in [2.75, 3.05) is 6.54 Å². The molecule has 3 aromatic rings. The highest BCUT2D eigenvalue weighted by molar-refractivity contribution is 5.94. The first kappa shape index (κ1) is 16.8. The van der Waals surface area contributed by atoms with Gasteiger partial charge >= 0.3 is 0 Å². The molecule has 0 fully saturated rings. The molecule has 1 N–H and O–H groups in total. The van der Waals surface area contributed by atoms with Crippen LogP contribution in [-0.4, -0.2) is 22.4 Å². The van der Waals surface area contributed by atoms with Crippen molar-refractivity contribution >= 4 is 5.91 Å². The molecule has 4 heteroatoms. The van der Waals surface area contributed by atoms with E-state index in [1.807, 2.05) is 74.8 Å². The van der Waals surface area contributed by atoms with Gasteiger partial charge in [0.15, 0.2) is 5.82 Å². The minimum atomic E-state index is -0.0510. The van der Waals surface area contributed by atoms with Gasteiger partial charge in [0.1, 0.15) is 0 Å². The van der Waals surface area contributed by atoms with Gasteiger partial charge in [-0.3, -0.25) is 4.79 Å². The summed E-state index contributed by atoms with van der Waals surface area (Å²) in [6.07, 6.45) is 4.33. The van der Waals surface area contributed by atoms with Gasteiger partial charge in [0.05, 0.1) is 0 Å². The van der Waals surface area contributed by atoms with Crippen LogP contribution in [0.5, 0.6) is 0 Å². The first-order chi connectivity index (χ1) is 12.1. The minimum Gasteiger partial charge on any atom is -0.352 e. The fraction of sp³-hybridized carbons (Fsp3) is 0.190. The molecule has 0 aliphatic carbocycles. The molecule has 0 saturated heterocycles. The van der Waals surface area contributed by atoms with E-state index in [9.17, 15) is 4.79 Å². The van der Waals surface area contributed by atoms with Crippen LogP contribution in [0.2, 0.25) is 0 Å². The van der Waals surface area contributed by atoms with Gasteiger partial charge in [-0.1, -0.05) is 36.4 Å². The average Bonchev–Trinajstić information content (AvgIpc) is 2.65. The number of hydrogen-bond donors (Lipinski definition) is 1. The van der Waals surface area contributed by atoms with Gasteiger partial charge < -0.3 is 5.32 Å². The van der Waals surface area contributed by atoms with Crippen molar-refractivity contribution in [3.63, 3.8) is 0 Å². The second-order valence-corrected chi connectivity index (χ2v) is 6.09. The molecule has 0 aliphatic heterocycles. The van der Waals surface area contributed by atoms with Crippen LogP contribution in [-0.2, 0) is 6.42 Å². The van der Waals surface area contributed by atoms with Gasteiger partial charge in [-0.05, 0) is 49.1 Å². The molecule has 1 amide bonds. The van der Waals surface area contributed by atoms with Gasteiger partial charge in [0.25, 0.3) is 5.91 Å². The second kappa shape index (κ2) is 7.71. The highest BCUT2D eigenvalue weighted by Gasteiger charge is 2.06. The van der Waals surface area contributed by atoms with Gasteiger partial charge in [0, 0.05) is 30.1 Å². The molecule has 2 aromatic carbocycles. The Kier molecular flexibility index (Phi) is 5.19. The Morgan fingerprint density at radius 2 is 1.68 bits per heavy atom. The molecule has 1 aromatic heterocycles. The number of nitrogens with zero attached hydrogens (tertiary/aromatic N) is 2. The van der Waals surface area contributed by atoms with Crippen LogP contribution < -0.4 is 5.32 Å². The summed E-state index contributed by atoms with van der Waals surface area (Å²) in [7, 11) is 0. The molecular weight excluding hydrogens is 310 g/mol. The Bertz CT molecular complexity index is 858. The maximum atomic E-state index is 12.2. The molecule has 0 radical (unpaired) electrons. The average molecular weight is 331 g/mol. The second-order valence-electron chi connectivity index (χ2n) is 6.09. The third-order valence-corrected chi connectivity index (χ3v) is 4.21. The lowest BCUT2D eigenvalue weighted by molar-refractivity contribution is 0.0954.